The Labute approximate surface area is 141 Å². The largest absolute Gasteiger partial charge is 0.126 e. The fourth-order valence-corrected chi connectivity index (χ4v) is 3.36. The minimum Gasteiger partial charge on any atom is -0.126 e. The molecule has 1 unspecified atom stereocenters. The summed E-state index contributed by atoms with van der Waals surface area (Å²) in [5.74, 6) is 0.964. The van der Waals surface area contributed by atoms with Crippen LogP contribution < -0.4 is 0 Å². The lowest BCUT2D eigenvalue weighted by molar-refractivity contribution is 0.589. The van der Waals surface area contributed by atoms with E-state index in [1.165, 1.54) is 16.7 Å². The van der Waals surface area contributed by atoms with Crippen LogP contribution in [0.25, 0.3) is 0 Å². The molecular formula is C19H22BrCl. The average Bonchev–Trinajstić information content (AvgIpc) is 2.45. The number of rotatable bonds is 4. The van der Waals surface area contributed by atoms with E-state index in [0.29, 0.717) is 11.8 Å². The quantitative estimate of drug-likeness (QED) is 0.557. The molecule has 2 rings (SSSR count). The summed E-state index contributed by atoms with van der Waals surface area (Å²) < 4.78 is 1.14. The fourth-order valence-electron chi connectivity index (χ4n) is 2.48. The molecule has 0 aromatic heterocycles. The lowest BCUT2D eigenvalue weighted by atomic mass is 9.85. The molecule has 0 bridgehead atoms. The van der Waals surface area contributed by atoms with Gasteiger partial charge in [-0.1, -0.05) is 79.2 Å². The second-order valence-electron chi connectivity index (χ2n) is 6.52. The molecule has 0 radical (unpaired) electrons. The standard InChI is InChI=1S/C19H22BrCl/c1-19(2,3)16-10-8-14(9-11-16)12-15(13-21)17-6-4-5-7-18(17)20/h4-11,15H,12-13H2,1-3H3. The Bertz CT molecular complexity index is 581. The van der Waals surface area contributed by atoms with Gasteiger partial charge in [0.05, 0.1) is 0 Å². The predicted octanol–water partition coefficient (Wildman–Crippen LogP) is 6.31. The minimum absolute atomic E-state index is 0.201. The van der Waals surface area contributed by atoms with Crippen molar-refractivity contribution in [2.24, 2.45) is 0 Å². The number of hydrogen-bond donors (Lipinski definition) is 0. The zero-order valence-corrected chi connectivity index (χ0v) is 15.2. The van der Waals surface area contributed by atoms with E-state index in [9.17, 15) is 0 Å². The molecule has 0 saturated carbocycles. The van der Waals surface area contributed by atoms with Crippen LogP contribution in [0.1, 0.15) is 43.4 Å². The summed E-state index contributed by atoms with van der Waals surface area (Å²) in [4.78, 5) is 0. The molecule has 2 aromatic rings. The summed E-state index contributed by atoms with van der Waals surface area (Å²) in [7, 11) is 0. The van der Waals surface area contributed by atoms with E-state index >= 15 is 0 Å². The van der Waals surface area contributed by atoms with Gasteiger partial charge in [-0.25, -0.2) is 0 Å². The highest BCUT2D eigenvalue weighted by molar-refractivity contribution is 9.10. The molecule has 0 nitrogen and oxygen atoms in total. The van der Waals surface area contributed by atoms with E-state index in [2.05, 4.69) is 79.2 Å². The predicted molar refractivity (Wildman–Crippen MR) is 96.4 cm³/mol. The van der Waals surface area contributed by atoms with Crippen molar-refractivity contribution in [1.29, 1.82) is 0 Å². The molecule has 0 fully saturated rings. The Morgan fingerprint density at radius 2 is 1.62 bits per heavy atom. The monoisotopic (exact) mass is 364 g/mol. The number of halogens is 2. The number of hydrogen-bond acceptors (Lipinski definition) is 0. The van der Waals surface area contributed by atoms with Crippen molar-refractivity contribution in [1.82, 2.24) is 0 Å². The van der Waals surface area contributed by atoms with Crippen molar-refractivity contribution in [3.8, 4) is 0 Å². The molecule has 0 amide bonds. The maximum atomic E-state index is 6.21. The van der Waals surface area contributed by atoms with Crippen LogP contribution in [0.4, 0.5) is 0 Å². The van der Waals surface area contributed by atoms with Crippen molar-refractivity contribution < 1.29 is 0 Å². The van der Waals surface area contributed by atoms with Gasteiger partial charge in [0.1, 0.15) is 0 Å². The molecule has 112 valence electrons. The van der Waals surface area contributed by atoms with Crippen molar-refractivity contribution in [2.45, 2.75) is 38.5 Å². The minimum atomic E-state index is 0.201. The van der Waals surface area contributed by atoms with Crippen LogP contribution in [0.5, 0.6) is 0 Å². The first kappa shape index (κ1) is 16.6. The average molecular weight is 366 g/mol. The van der Waals surface area contributed by atoms with Gasteiger partial charge in [-0.2, -0.15) is 0 Å². The van der Waals surface area contributed by atoms with Crippen molar-refractivity contribution in [3.63, 3.8) is 0 Å². The van der Waals surface area contributed by atoms with Crippen LogP contribution >= 0.6 is 27.5 Å². The molecule has 2 heteroatoms. The van der Waals surface area contributed by atoms with E-state index in [4.69, 9.17) is 11.6 Å². The van der Waals surface area contributed by atoms with Gasteiger partial charge >= 0.3 is 0 Å². The van der Waals surface area contributed by atoms with Gasteiger partial charge in [0.25, 0.3) is 0 Å². The molecule has 2 aromatic carbocycles. The van der Waals surface area contributed by atoms with Crippen LogP contribution in [-0.2, 0) is 11.8 Å². The van der Waals surface area contributed by atoms with Gasteiger partial charge in [-0.05, 0) is 34.6 Å². The summed E-state index contributed by atoms with van der Waals surface area (Å²) >= 11 is 9.84. The Morgan fingerprint density at radius 1 is 1.00 bits per heavy atom. The molecular weight excluding hydrogens is 344 g/mol. The third-order valence-corrected chi connectivity index (χ3v) is 4.93. The first-order valence-electron chi connectivity index (χ1n) is 7.31. The molecule has 0 aliphatic carbocycles. The number of benzene rings is 2. The number of alkyl halides is 1. The normalized spacial score (nSPS) is 13.2. The van der Waals surface area contributed by atoms with E-state index in [0.717, 1.165) is 10.9 Å². The first-order valence-corrected chi connectivity index (χ1v) is 8.64. The molecule has 0 N–H and O–H groups in total. The van der Waals surface area contributed by atoms with E-state index in [-0.39, 0.29) is 5.41 Å². The van der Waals surface area contributed by atoms with E-state index in [1.807, 2.05) is 6.07 Å². The van der Waals surface area contributed by atoms with Crippen molar-refractivity contribution >= 4 is 27.5 Å². The van der Waals surface area contributed by atoms with Gasteiger partial charge in [0.15, 0.2) is 0 Å². The van der Waals surface area contributed by atoms with Crippen LogP contribution in [0, 0.1) is 0 Å². The van der Waals surface area contributed by atoms with Crippen LogP contribution in [0.2, 0.25) is 0 Å². The second kappa shape index (κ2) is 6.98. The Morgan fingerprint density at radius 3 is 2.14 bits per heavy atom. The molecule has 1 atom stereocenters. The Balaban J connectivity index is 2.18. The maximum absolute atomic E-state index is 6.21. The van der Waals surface area contributed by atoms with Crippen LogP contribution in [0.15, 0.2) is 53.0 Å². The SMILES string of the molecule is CC(C)(C)c1ccc(CC(CCl)c2ccccc2Br)cc1. The van der Waals surface area contributed by atoms with Crippen molar-refractivity contribution in [2.75, 3.05) is 5.88 Å². The van der Waals surface area contributed by atoms with Gasteiger partial charge < -0.3 is 0 Å². The fraction of sp³-hybridized carbons (Fsp3) is 0.368. The smallest absolute Gasteiger partial charge is 0.0295 e. The maximum Gasteiger partial charge on any atom is 0.0295 e. The molecule has 0 heterocycles. The third kappa shape index (κ3) is 4.34. The summed E-state index contributed by atoms with van der Waals surface area (Å²) in [5, 5.41) is 0. The van der Waals surface area contributed by atoms with E-state index in [1.54, 1.807) is 0 Å². The molecule has 21 heavy (non-hydrogen) atoms. The van der Waals surface area contributed by atoms with Gasteiger partial charge in [-0.3, -0.25) is 0 Å². The lowest BCUT2D eigenvalue weighted by Crippen LogP contribution is -2.11. The molecule has 0 saturated heterocycles. The second-order valence-corrected chi connectivity index (χ2v) is 7.69. The summed E-state index contributed by atoms with van der Waals surface area (Å²) in [6.07, 6.45) is 0.969. The van der Waals surface area contributed by atoms with Gasteiger partial charge in [0, 0.05) is 16.3 Å². The topological polar surface area (TPSA) is 0 Å². The summed E-state index contributed by atoms with van der Waals surface area (Å²) in [6.45, 7) is 6.72. The highest BCUT2D eigenvalue weighted by Crippen LogP contribution is 2.29. The first-order chi connectivity index (χ1) is 9.91. The highest BCUT2D eigenvalue weighted by Gasteiger charge is 2.16. The lowest BCUT2D eigenvalue weighted by Gasteiger charge is -2.20. The Kier molecular flexibility index (Phi) is 5.51. The summed E-state index contributed by atoms with van der Waals surface area (Å²) in [6, 6.07) is 17.3. The zero-order chi connectivity index (χ0) is 15.5. The van der Waals surface area contributed by atoms with E-state index < -0.39 is 0 Å². The third-order valence-electron chi connectivity index (χ3n) is 3.83. The van der Waals surface area contributed by atoms with Crippen LogP contribution in [0.3, 0.4) is 0 Å². The molecule has 0 aliphatic heterocycles. The van der Waals surface area contributed by atoms with Crippen LogP contribution in [-0.4, -0.2) is 5.88 Å². The van der Waals surface area contributed by atoms with Crippen molar-refractivity contribution in [3.05, 3.63) is 69.7 Å². The Hall–Kier alpha value is -0.790. The molecule has 0 aliphatic rings. The zero-order valence-electron chi connectivity index (χ0n) is 12.9. The highest BCUT2D eigenvalue weighted by atomic mass is 79.9. The molecule has 0 spiro atoms. The van der Waals surface area contributed by atoms with Gasteiger partial charge in [-0.15, -0.1) is 11.6 Å². The summed E-state index contributed by atoms with van der Waals surface area (Å²) in [5.41, 5.74) is 4.19. The van der Waals surface area contributed by atoms with Gasteiger partial charge in [0.2, 0.25) is 0 Å².